The normalized spacial score (nSPS) is 15.5. The van der Waals surface area contributed by atoms with E-state index in [4.69, 9.17) is 4.74 Å². The van der Waals surface area contributed by atoms with Crippen molar-refractivity contribution >= 4 is 5.91 Å². The van der Waals surface area contributed by atoms with Crippen LogP contribution in [-0.4, -0.2) is 39.5 Å². The largest absolute Gasteiger partial charge is 0.376 e. The molecule has 3 aromatic rings. The van der Waals surface area contributed by atoms with Gasteiger partial charge < -0.3 is 10.1 Å². The summed E-state index contributed by atoms with van der Waals surface area (Å²) in [5.74, 6) is -1.24. The molecule has 1 amide bonds. The van der Waals surface area contributed by atoms with Gasteiger partial charge in [0.25, 0.3) is 11.5 Å². The monoisotopic (exact) mass is 452 g/mol. The number of benzene rings is 2. The molecule has 0 spiro atoms. The van der Waals surface area contributed by atoms with Gasteiger partial charge in [0.1, 0.15) is 5.82 Å². The molecule has 1 saturated heterocycles. The second-order valence-electron chi connectivity index (χ2n) is 8.20. The summed E-state index contributed by atoms with van der Waals surface area (Å²) in [6.07, 6.45) is 1.60. The Kier molecular flexibility index (Phi) is 6.50. The van der Waals surface area contributed by atoms with Gasteiger partial charge in [-0.3, -0.25) is 14.2 Å². The van der Waals surface area contributed by atoms with Crippen LogP contribution in [0.25, 0.3) is 5.69 Å². The molecule has 0 radical (unpaired) electrons. The first-order valence-corrected chi connectivity index (χ1v) is 10.8. The van der Waals surface area contributed by atoms with Crippen LogP contribution in [0.3, 0.4) is 0 Å². The van der Waals surface area contributed by atoms with Gasteiger partial charge in [-0.05, 0) is 43.9 Å². The fourth-order valence-corrected chi connectivity index (χ4v) is 3.77. The lowest BCUT2D eigenvalue weighted by atomic mass is 10.1. The molecule has 0 unspecified atom stereocenters. The fourth-order valence-electron chi connectivity index (χ4n) is 3.77. The molecule has 33 heavy (non-hydrogen) atoms. The van der Waals surface area contributed by atoms with E-state index in [1.54, 1.807) is 13.0 Å². The van der Waals surface area contributed by atoms with Crippen molar-refractivity contribution in [1.29, 1.82) is 0 Å². The number of nitrogens with zero attached hydrogens (tertiary/aromatic N) is 3. The molecule has 0 saturated carbocycles. The molecular weight excluding hydrogens is 427 g/mol. The molecule has 1 aliphatic heterocycles. The molecule has 1 fully saturated rings. The van der Waals surface area contributed by atoms with Gasteiger partial charge >= 0.3 is 5.69 Å². The maximum atomic E-state index is 14.2. The lowest BCUT2D eigenvalue weighted by Crippen LogP contribution is -2.46. The quantitative estimate of drug-likeness (QED) is 0.618. The number of aryl methyl sites for hydroxylation is 2. The van der Waals surface area contributed by atoms with E-state index in [1.807, 2.05) is 25.1 Å². The summed E-state index contributed by atoms with van der Waals surface area (Å²) in [6.45, 7) is 4.30. The molecule has 9 heteroatoms. The van der Waals surface area contributed by atoms with Crippen LogP contribution in [0.5, 0.6) is 0 Å². The van der Waals surface area contributed by atoms with E-state index >= 15 is 0 Å². The number of rotatable bonds is 6. The first kappa shape index (κ1) is 22.6. The topological polar surface area (TPSA) is 95.2 Å². The highest BCUT2D eigenvalue weighted by molar-refractivity contribution is 5.91. The number of nitrogens with one attached hydrogen (secondary N) is 1. The molecule has 2 aromatic carbocycles. The highest BCUT2D eigenvalue weighted by Gasteiger charge is 2.23. The van der Waals surface area contributed by atoms with Gasteiger partial charge in [0.2, 0.25) is 5.69 Å². The number of ether oxygens (including phenoxy) is 1. The van der Waals surface area contributed by atoms with Crippen molar-refractivity contribution in [2.24, 2.45) is 0 Å². The SMILES string of the molecule is Cc1cccc(Cn2c(=O)c(C(=O)NC[C@@H]3CCCO3)nn(-c3ccc(C)c(F)c3)c2=O)c1. The van der Waals surface area contributed by atoms with Crippen molar-refractivity contribution in [2.75, 3.05) is 13.2 Å². The van der Waals surface area contributed by atoms with Crippen LogP contribution in [0.2, 0.25) is 0 Å². The average Bonchev–Trinajstić information content (AvgIpc) is 3.31. The third-order valence-corrected chi connectivity index (χ3v) is 5.61. The number of hydrogen-bond acceptors (Lipinski definition) is 5. The molecule has 172 valence electrons. The third kappa shape index (κ3) is 4.93. The molecule has 4 rings (SSSR count). The summed E-state index contributed by atoms with van der Waals surface area (Å²) in [4.78, 5) is 39.2. The number of carbonyl (C=O) groups excluding carboxylic acids is 1. The zero-order valence-corrected chi connectivity index (χ0v) is 18.5. The Bertz CT molecular complexity index is 1310. The van der Waals surface area contributed by atoms with E-state index in [0.29, 0.717) is 17.7 Å². The molecule has 8 nitrogen and oxygen atoms in total. The van der Waals surface area contributed by atoms with Crippen molar-refractivity contribution in [3.05, 3.63) is 91.5 Å². The fraction of sp³-hybridized carbons (Fsp3) is 0.333. The molecule has 1 atom stereocenters. The maximum absolute atomic E-state index is 14.2. The highest BCUT2D eigenvalue weighted by atomic mass is 19.1. The number of hydrogen-bond donors (Lipinski definition) is 1. The van der Waals surface area contributed by atoms with Crippen molar-refractivity contribution in [3.8, 4) is 5.69 Å². The minimum atomic E-state index is -0.810. The zero-order valence-electron chi connectivity index (χ0n) is 18.5. The summed E-state index contributed by atoms with van der Waals surface area (Å²) >= 11 is 0. The molecule has 0 aliphatic carbocycles. The maximum Gasteiger partial charge on any atom is 0.352 e. The number of aromatic nitrogens is 3. The van der Waals surface area contributed by atoms with Crippen LogP contribution in [0.4, 0.5) is 4.39 Å². The van der Waals surface area contributed by atoms with Crippen LogP contribution in [0.15, 0.2) is 52.1 Å². The predicted molar refractivity (Wildman–Crippen MR) is 120 cm³/mol. The highest BCUT2D eigenvalue weighted by Crippen LogP contribution is 2.12. The van der Waals surface area contributed by atoms with Crippen LogP contribution in [0, 0.1) is 19.7 Å². The van der Waals surface area contributed by atoms with Crippen molar-refractivity contribution in [3.63, 3.8) is 0 Å². The summed E-state index contributed by atoms with van der Waals surface area (Å²) in [6, 6.07) is 11.5. The molecule has 2 heterocycles. The summed E-state index contributed by atoms with van der Waals surface area (Å²) in [5.41, 5.74) is 0.179. The summed E-state index contributed by atoms with van der Waals surface area (Å²) < 4.78 is 21.6. The Hall–Kier alpha value is -3.59. The van der Waals surface area contributed by atoms with Crippen LogP contribution in [-0.2, 0) is 11.3 Å². The van der Waals surface area contributed by atoms with Crippen LogP contribution >= 0.6 is 0 Å². The molecule has 1 N–H and O–H groups in total. The van der Waals surface area contributed by atoms with E-state index in [-0.39, 0.29) is 24.9 Å². The first-order chi connectivity index (χ1) is 15.8. The van der Waals surface area contributed by atoms with E-state index in [2.05, 4.69) is 10.4 Å². The standard InChI is InChI=1S/C24H25FN4O4/c1-15-5-3-6-17(11-15)14-28-23(31)21(22(30)26-13-19-7-4-10-33-19)27-29(24(28)32)18-9-8-16(2)20(25)12-18/h3,5-6,8-9,11-12,19H,4,7,10,13-14H2,1-2H3,(H,26,30)/t19-/m0/s1. The van der Waals surface area contributed by atoms with Gasteiger partial charge in [-0.2, -0.15) is 9.78 Å². The summed E-state index contributed by atoms with van der Waals surface area (Å²) in [5, 5.41) is 6.70. The van der Waals surface area contributed by atoms with Crippen molar-refractivity contribution in [1.82, 2.24) is 19.7 Å². The zero-order chi connectivity index (χ0) is 23.5. The Labute approximate surface area is 189 Å². The molecule has 0 bridgehead atoms. The van der Waals surface area contributed by atoms with Gasteiger partial charge in [-0.1, -0.05) is 35.9 Å². The second kappa shape index (κ2) is 9.50. The third-order valence-electron chi connectivity index (χ3n) is 5.61. The van der Waals surface area contributed by atoms with Crippen molar-refractivity contribution in [2.45, 2.75) is 39.3 Å². The second-order valence-corrected chi connectivity index (χ2v) is 8.20. The van der Waals surface area contributed by atoms with E-state index in [0.717, 1.165) is 33.7 Å². The van der Waals surface area contributed by atoms with Crippen LogP contribution < -0.4 is 16.6 Å². The first-order valence-electron chi connectivity index (χ1n) is 10.8. The lowest BCUT2D eigenvalue weighted by molar-refractivity contribution is 0.0849. The van der Waals surface area contributed by atoms with Gasteiger partial charge in [-0.25, -0.2) is 9.18 Å². The smallest absolute Gasteiger partial charge is 0.352 e. The van der Waals surface area contributed by atoms with Gasteiger partial charge in [0, 0.05) is 19.2 Å². The van der Waals surface area contributed by atoms with Crippen LogP contribution in [0.1, 0.15) is 40.0 Å². The predicted octanol–water partition coefficient (Wildman–Crippen LogP) is 2.11. The average molecular weight is 452 g/mol. The number of carbonyl (C=O) groups is 1. The summed E-state index contributed by atoms with van der Waals surface area (Å²) in [7, 11) is 0. The Morgan fingerprint density at radius 2 is 2.03 bits per heavy atom. The molecule has 1 aromatic heterocycles. The van der Waals surface area contributed by atoms with E-state index in [1.165, 1.54) is 12.1 Å². The van der Waals surface area contributed by atoms with E-state index in [9.17, 15) is 18.8 Å². The minimum absolute atomic E-state index is 0.0533. The number of amides is 1. The lowest BCUT2D eigenvalue weighted by Gasteiger charge is -2.14. The Morgan fingerprint density at radius 3 is 2.73 bits per heavy atom. The Morgan fingerprint density at radius 1 is 1.21 bits per heavy atom. The van der Waals surface area contributed by atoms with E-state index < -0.39 is 28.7 Å². The minimum Gasteiger partial charge on any atom is -0.376 e. The van der Waals surface area contributed by atoms with Gasteiger partial charge in [0.05, 0.1) is 18.3 Å². The van der Waals surface area contributed by atoms with Gasteiger partial charge in [-0.15, -0.1) is 0 Å². The van der Waals surface area contributed by atoms with Crippen molar-refractivity contribution < 1.29 is 13.9 Å². The number of halogens is 1. The molecule has 1 aliphatic rings. The van der Waals surface area contributed by atoms with Gasteiger partial charge in [0.15, 0.2) is 0 Å². The molecular formula is C24H25FN4O4. The Balaban J connectivity index is 1.79.